The van der Waals surface area contributed by atoms with E-state index < -0.39 is 6.10 Å². The number of benzene rings is 1. The molecule has 0 bridgehead atoms. The standard InChI is InChI=1S/C18H30N2O/c1-18(2,17(21)15-8-6-5-7-9-15)14-20(4)16-10-12-19(3)13-11-16/h5-9,16-17,21H,10-14H2,1-4H3. The summed E-state index contributed by atoms with van der Waals surface area (Å²) >= 11 is 0. The highest BCUT2D eigenvalue weighted by molar-refractivity contribution is 5.19. The zero-order valence-electron chi connectivity index (χ0n) is 13.9. The fourth-order valence-electron chi connectivity index (χ4n) is 3.38. The molecule has 0 spiro atoms. The largest absolute Gasteiger partial charge is 0.388 e. The Balaban J connectivity index is 1.96. The van der Waals surface area contributed by atoms with E-state index >= 15 is 0 Å². The molecule has 0 aliphatic carbocycles. The SMILES string of the molecule is CN1CCC(N(C)CC(C)(C)C(O)c2ccccc2)CC1. The summed E-state index contributed by atoms with van der Waals surface area (Å²) in [6.07, 6.45) is 2.03. The van der Waals surface area contributed by atoms with Crippen molar-refractivity contribution >= 4 is 0 Å². The van der Waals surface area contributed by atoms with Crippen molar-refractivity contribution in [3.63, 3.8) is 0 Å². The van der Waals surface area contributed by atoms with Crippen molar-refractivity contribution in [1.82, 2.24) is 9.80 Å². The van der Waals surface area contributed by atoms with E-state index in [1.54, 1.807) is 0 Å². The number of piperidine rings is 1. The summed E-state index contributed by atoms with van der Waals surface area (Å²) < 4.78 is 0. The molecule has 0 amide bonds. The molecule has 0 aromatic heterocycles. The Morgan fingerprint density at radius 2 is 1.81 bits per heavy atom. The van der Waals surface area contributed by atoms with Gasteiger partial charge in [0.15, 0.2) is 0 Å². The van der Waals surface area contributed by atoms with Crippen LogP contribution in [0, 0.1) is 5.41 Å². The third-order valence-corrected chi connectivity index (χ3v) is 4.82. The Labute approximate surface area is 129 Å². The van der Waals surface area contributed by atoms with E-state index in [9.17, 15) is 5.11 Å². The third-order valence-electron chi connectivity index (χ3n) is 4.82. The van der Waals surface area contributed by atoms with Crippen molar-refractivity contribution in [2.75, 3.05) is 33.7 Å². The molecule has 1 N–H and O–H groups in total. The van der Waals surface area contributed by atoms with E-state index in [-0.39, 0.29) is 5.41 Å². The van der Waals surface area contributed by atoms with Crippen LogP contribution in [-0.2, 0) is 0 Å². The molecule has 1 aromatic rings. The number of aliphatic hydroxyl groups excluding tert-OH is 1. The third kappa shape index (κ3) is 4.29. The highest BCUT2D eigenvalue weighted by Crippen LogP contribution is 2.34. The van der Waals surface area contributed by atoms with Crippen LogP contribution in [0.25, 0.3) is 0 Å². The maximum atomic E-state index is 10.7. The normalized spacial score (nSPS) is 19.9. The summed E-state index contributed by atoms with van der Waals surface area (Å²) in [5.41, 5.74) is 0.860. The molecule has 1 saturated heterocycles. The van der Waals surface area contributed by atoms with E-state index in [1.807, 2.05) is 30.3 Å². The lowest BCUT2D eigenvalue weighted by molar-refractivity contribution is 0.00941. The molecule has 1 aromatic carbocycles. The second-order valence-corrected chi connectivity index (χ2v) is 7.25. The number of hydrogen-bond donors (Lipinski definition) is 1. The molecule has 1 aliphatic heterocycles. The molecule has 118 valence electrons. The van der Waals surface area contributed by atoms with Gasteiger partial charge in [-0.3, -0.25) is 0 Å². The van der Waals surface area contributed by atoms with Crippen LogP contribution in [0.3, 0.4) is 0 Å². The summed E-state index contributed by atoms with van der Waals surface area (Å²) in [6.45, 7) is 7.59. The van der Waals surface area contributed by atoms with Gasteiger partial charge in [0.1, 0.15) is 0 Å². The van der Waals surface area contributed by atoms with Gasteiger partial charge in [-0.15, -0.1) is 0 Å². The first-order chi connectivity index (χ1) is 9.90. The molecule has 1 heterocycles. The Morgan fingerprint density at radius 1 is 1.24 bits per heavy atom. The quantitative estimate of drug-likeness (QED) is 0.903. The van der Waals surface area contributed by atoms with Crippen LogP contribution < -0.4 is 0 Å². The molecule has 0 radical (unpaired) electrons. The Hall–Kier alpha value is -0.900. The first-order valence-corrected chi connectivity index (χ1v) is 8.02. The van der Waals surface area contributed by atoms with Crippen LogP contribution in [0.5, 0.6) is 0 Å². The molecule has 3 nitrogen and oxygen atoms in total. The van der Waals surface area contributed by atoms with Gasteiger partial charge >= 0.3 is 0 Å². The fourth-order valence-corrected chi connectivity index (χ4v) is 3.38. The maximum absolute atomic E-state index is 10.7. The first-order valence-electron chi connectivity index (χ1n) is 8.02. The highest BCUT2D eigenvalue weighted by atomic mass is 16.3. The van der Waals surface area contributed by atoms with Crippen LogP contribution in [0.1, 0.15) is 38.4 Å². The maximum Gasteiger partial charge on any atom is 0.0853 e. The van der Waals surface area contributed by atoms with Crippen molar-refractivity contribution in [2.24, 2.45) is 5.41 Å². The Morgan fingerprint density at radius 3 is 2.38 bits per heavy atom. The minimum Gasteiger partial charge on any atom is -0.388 e. The monoisotopic (exact) mass is 290 g/mol. The van der Waals surface area contributed by atoms with Gasteiger partial charge in [-0.2, -0.15) is 0 Å². The van der Waals surface area contributed by atoms with Crippen molar-refractivity contribution in [3.05, 3.63) is 35.9 Å². The average Bonchev–Trinajstić information content (AvgIpc) is 2.47. The zero-order valence-corrected chi connectivity index (χ0v) is 13.9. The summed E-state index contributed by atoms with van der Waals surface area (Å²) in [5, 5.41) is 10.7. The molecule has 1 fully saturated rings. The smallest absolute Gasteiger partial charge is 0.0853 e. The molecule has 1 atom stereocenters. The fraction of sp³-hybridized carbons (Fsp3) is 0.667. The average molecular weight is 290 g/mol. The van der Waals surface area contributed by atoms with Gasteiger partial charge in [0.25, 0.3) is 0 Å². The summed E-state index contributed by atoms with van der Waals surface area (Å²) in [4.78, 5) is 4.84. The number of rotatable bonds is 5. The minimum absolute atomic E-state index is 0.153. The second kappa shape index (κ2) is 6.91. The van der Waals surface area contributed by atoms with Gasteiger partial charge in [0.2, 0.25) is 0 Å². The molecular formula is C18H30N2O. The van der Waals surface area contributed by atoms with Crippen molar-refractivity contribution in [1.29, 1.82) is 0 Å². The number of hydrogen-bond acceptors (Lipinski definition) is 3. The van der Waals surface area contributed by atoms with E-state index in [0.29, 0.717) is 6.04 Å². The lowest BCUT2D eigenvalue weighted by Gasteiger charge is -2.40. The molecule has 1 aliphatic rings. The molecule has 0 saturated carbocycles. The van der Waals surface area contributed by atoms with Gasteiger partial charge in [-0.05, 0) is 45.6 Å². The summed E-state index contributed by atoms with van der Waals surface area (Å²) in [7, 11) is 4.40. The number of aliphatic hydroxyl groups is 1. The van der Waals surface area contributed by atoms with E-state index in [4.69, 9.17) is 0 Å². The van der Waals surface area contributed by atoms with Gasteiger partial charge in [0.05, 0.1) is 6.10 Å². The molecule has 3 heteroatoms. The number of likely N-dealkylation sites (tertiary alicyclic amines) is 1. The molecule has 1 unspecified atom stereocenters. The predicted octanol–water partition coefficient (Wildman–Crippen LogP) is 2.77. The Kier molecular flexibility index (Phi) is 5.42. The van der Waals surface area contributed by atoms with Crippen LogP contribution in [0.2, 0.25) is 0 Å². The van der Waals surface area contributed by atoms with Crippen LogP contribution >= 0.6 is 0 Å². The van der Waals surface area contributed by atoms with E-state index in [1.165, 1.54) is 25.9 Å². The molecule has 2 rings (SSSR count). The van der Waals surface area contributed by atoms with Crippen molar-refractivity contribution in [3.8, 4) is 0 Å². The van der Waals surface area contributed by atoms with Gasteiger partial charge < -0.3 is 14.9 Å². The lowest BCUT2D eigenvalue weighted by atomic mass is 9.81. The first kappa shape index (κ1) is 16.5. The highest BCUT2D eigenvalue weighted by Gasteiger charge is 2.32. The number of nitrogens with zero attached hydrogens (tertiary/aromatic N) is 2. The molecule has 21 heavy (non-hydrogen) atoms. The second-order valence-electron chi connectivity index (χ2n) is 7.25. The van der Waals surface area contributed by atoms with Gasteiger partial charge in [-0.25, -0.2) is 0 Å². The summed E-state index contributed by atoms with van der Waals surface area (Å²) in [6, 6.07) is 10.7. The van der Waals surface area contributed by atoms with E-state index in [2.05, 4.69) is 37.7 Å². The van der Waals surface area contributed by atoms with Crippen molar-refractivity contribution < 1.29 is 5.11 Å². The Bertz CT molecular complexity index is 424. The predicted molar refractivity (Wildman–Crippen MR) is 88.3 cm³/mol. The van der Waals surface area contributed by atoms with Crippen molar-refractivity contribution in [2.45, 2.75) is 38.8 Å². The lowest BCUT2D eigenvalue weighted by Crippen LogP contribution is -2.46. The zero-order chi connectivity index (χ0) is 15.5. The van der Waals surface area contributed by atoms with Crippen LogP contribution in [-0.4, -0.2) is 54.7 Å². The summed E-state index contributed by atoms with van der Waals surface area (Å²) in [5.74, 6) is 0. The van der Waals surface area contributed by atoms with Gasteiger partial charge in [-0.1, -0.05) is 44.2 Å². The van der Waals surface area contributed by atoms with Crippen LogP contribution in [0.15, 0.2) is 30.3 Å². The van der Waals surface area contributed by atoms with Crippen LogP contribution in [0.4, 0.5) is 0 Å². The van der Waals surface area contributed by atoms with Gasteiger partial charge in [0, 0.05) is 18.0 Å². The topological polar surface area (TPSA) is 26.7 Å². The minimum atomic E-state index is -0.424. The van der Waals surface area contributed by atoms with E-state index in [0.717, 1.165) is 12.1 Å². The molecular weight excluding hydrogens is 260 g/mol.